The SMILES string of the molecule is CC(NCC1CCN(C(C)C)C1)c1ccc(Cl)c(Cl)c1Cl. The Kier molecular flexibility index (Phi) is 6.22. The van der Waals surface area contributed by atoms with E-state index in [0.717, 1.165) is 12.1 Å². The van der Waals surface area contributed by atoms with Crippen LogP contribution < -0.4 is 5.32 Å². The van der Waals surface area contributed by atoms with Gasteiger partial charge in [-0.1, -0.05) is 40.9 Å². The summed E-state index contributed by atoms with van der Waals surface area (Å²) >= 11 is 18.4. The maximum Gasteiger partial charge on any atom is 0.0781 e. The van der Waals surface area contributed by atoms with Crippen molar-refractivity contribution < 1.29 is 0 Å². The second-order valence-electron chi connectivity index (χ2n) is 6.14. The quantitative estimate of drug-likeness (QED) is 0.750. The maximum absolute atomic E-state index is 6.29. The van der Waals surface area contributed by atoms with Crippen molar-refractivity contribution in [3.63, 3.8) is 0 Å². The Labute approximate surface area is 142 Å². The summed E-state index contributed by atoms with van der Waals surface area (Å²) in [6, 6.07) is 4.56. The molecule has 1 aromatic carbocycles. The molecule has 2 nitrogen and oxygen atoms in total. The highest BCUT2D eigenvalue weighted by atomic mass is 35.5. The predicted octanol–water partition coefficient (Wildman–Crippen LogP) is 5.03. The minimum Gasteiger partial charge on any atom is -0.310 e. The van der Waals surface area contributed by atoms with Crippen molar-refractivity contribution >= 4 is 34.8 Å². The Balaban J connectivity index is 1.91. The zero-order chi connectivity index (χ0) is 15.6. The van der Waals surface area contributed by atoms with Gasteiger partial charge in [0.05, 0.1) is 15.1 Å². The minimum atomic E-state index is 0.167. The van der Waals surface area contributed by atoms with E-state index >= 15 is 0 Å². The first-order chi connectivity index (χ1) is 9.90. The van der Waals surface area contributed by atoms with Crippen LogP contribution in [-0.4, -0.2) is 30.6 Å². The highest BCUT2D eigenvalue weighted by Gasteiger charge is 2.24. The monoisotopic (exact) mass is 348 g/mol. The van der Waals surface area contributed by atoms with E-state index in [1.165, 1.54) is 19.5 Å². The molecule has 5 heteroatoms. The first kappa shape index (κ1) is 17.4. The number of rotatable bonds is 5. The molecule has 118 valence electrons. The fraction of sp³-hybridized carbons (Fsp3) is 0.625. The lowest BCUT2D eigenvalue weighted by atomic mass is 10.1. The summed E-state index contributed by atoms with van der Waals surface area (Å²) < 4.78 is 0. The van der Waals surface area contributed by atoms with Crippen molar-refractivity contribution in [3.05, 3.63) is 32.8 Å². The molecule has 2 unspecified atom stereocenters. The molecule has 1 heterocycles. The van der Waals surface area contributed by atoms with Gasteiger partial charge in [-0.3, -0.25) is 0 Å². The molecule has 1 saturated heterocycles. The van der Waals surface area contributed by atoms with Crippen molar-refractivity contribution in [1.29, 1.82) is 0 Å². The van der Waals surface area contributed by atoms with Crippen molar-refractivity contribution in [3.8, 4) is 0 Å². The third-order valence-corrected chi connectivity index (χ3v) is 5.60. The molecule has 2 rings (SSSR count). The molecule has 0 amide bonds. The normalized spacial score (nSPS) is 21.2. The highest BCUT2D eigenvalue weighted by molar-refractivity contribution is 6.48. The van der Waals surface area contributed by atoms with Crippen LogP contribution in [0.3, 0.4) is 0 Å². The van der Waals surface area contributed by atoms with E-state index in [9.17, 15) is 0 Å². The van der Waals surface area contributed by atoms with Gasteiger partial charge in [0.1, 0.15) is 0 Å². The first-order valence-corrected chi connectivity index (χ1v) is 8.64. The maximum atomic E-state index is 6.29. The lowest BCUT2D eigenvalue weighted by Gasteiger charge is -2.22. The lowest BCUT2D eigenvalue weighted by Crippen LogP contribution is -2.31. The number of hydrogen-bond acceptors (Lipinski definition) is 2. The summed E-state index contributed by atoms with van der Waals surface area (Å²) in [5.74, 6) is 0.705. The number of benzene rings is 1. The van der Waals surface area contributed by atoms with Crippen LogP contribution in [0.1, 0.15) is 38.8 Å². The van der Waals surface area contributed by atoms with Gasteiger partial charge in [0.2, 0.25) is 0 Å². The van der Waals surface area contributed by atoms with E-state index < -0.39 is 0 Å². The number of nitrogens with one attached hydrogen (secondary N) is 1. The molecule has 0 radical (unpaired) electrons. The molecule has 2 atom stereocenters. The van der Waals surface area contributed by atoms with Gasteiger partial charge in [-0.05, 0) is 57.8 Å². The van der Waals surface area contributed by atoms with Crippen molar-refractivity contribution in [2.75, 3.05) is 19.6 Å². The highest BCUT2D eigenvalue weighted by Crippen LogP contribution is 2.35. The average Bonchev–Trinajstić information content (AvgIpc) is 2.91. The second kappa shape index (κ2) is 7.52. The fourth-order valence-electron chi connectivity index (χ4n) is 2.83. The first-order valence-electron chi connectivity index (χ1n) is 7.51. The topological polar surface area (TPSA) is 15.3 Å². The van der Waals surface area contributed by atoms with E-state index in [4.69, 9.17) is 34.8 Å². The fourth-order valence-corrected chi connectivity index (χ4v) is 3.53. The Morgan fingerprint density at radius 2 is 1.90 bits per heavy atom. The van der Waals surface area contributed by atoms with Crippen LogP contribution in [0.5, 0.6) is 0 Å². The average molecular weight is 350 g/mol. The summed E-state index contributed by atoms with van der Waals surface area (Å²) in [6.45, 7) is 10.0. The number of nitrogens with zero attached hydrogens (tertiary/aromatic N) is 1. The second-order valence-corrected chi connectivity index (χ2v) is 7.30. The van der Waals surface area contributed by atoms with Crippen LogP contribution in [0, 0.1) is 5.92 Å². The number of likely N-dealkylation sites (tertiary alicyclic amines) is 1. The van der Waals surface area contributed by atoms with Crippen LogP contribution in [0.2, 0.25) is 15.1 Å². The third-order valence-electron chi connectivity index (χ3n) is 4.29. The van der Waals surface area contributed by atoms with Crippen LogP contribution in [0.4, 0.5) is 0 Å². The zero-order valence-corrected chi connectivity index (χ0v) is 15.1. The smallest absolute Gasteiger partial charge is 0.0781 e. The van der Waals surface area contributed by atoms with E-state index in [2.05, 4.69) is 31.0 Å². The summed E-state index contributed by atoms with van der Waals surface area (Å²) in [5.41, 5.74) is 1.00. The lowest BCUT2D eigenvalue weighted by molar-refractivity contribution is 0.263. The van der Waals surface area contributed by atoms with Crippen LogP contribution in [-0.2, 0) is 0 Å². The molecule has 0 aromatic heterocycles. The summed E-state index contributed by atoms with van der Waals surface area (Å²) in [6.07, 6.45) is 1.26. The molecular weight excluding hydrogens is 327 g/mol. The number of halogens is 3. The third kappa shape index (κ3) is 4.27. The van der Waals surface area contributed by atoms with E-state index in [0.29, 0.717) is 27.0 Å². The van der Waals surface area contributed by atoms with Crippen molar-refractivity contribution in [2.24, 2.45) is 5.92 Å². The molecule has 1 aliphatic rings. The summed E-state index contributed by atoms with van der Waals surface area (Å²) in [7, 11) is 0. The molecule has 0 aliphatic carbocycles. The Morgan fingerprint density at radius 3 is 2.52 bits per heavy atom. The Morgan fingerprint density at radius 1 is 1.19 bits per heavy atom. The van der Waals surface area contributed by atoms with E-state index in [1.807, 2.05) is 6.07 Å². The largest absolute Gasteiger partial charge is 0.310 e. The van der Waals surface area contributed by atoms with Crippen LogP contribution in [0.25, 0.3) is 0 Å². The number of hydrogen-bond donors (Lipinski definition) is 1. The molecule has 0 spiro atoms. The van der Waals surface area contributed by atoms with Gasteiger partial charge >= 0.3 is 0 Å². The Bertz CT molecular complexity index is 491. The molecule has 1 fully saturated rings. The van der Waals surface area contributed by atoms with Crippen LogP contribution >= 0.6 is 34.8 Å². The van der Waals surface area contributed by atoms with Gasteiger partial charge in [0.25, 0.3) is 0 Å². The molecule has 1 aliphatic heterocycles. The van der Waals surface area contributed by atoms with Gasteiger partial charge in [-0.15, -0.1) is 0 Å². The zero-order valence-electron chi connectivity index (χ0n) is 12.8. The molecule has 1 N–H and O–H groups in total. The Hall–Kier alpha value is 0.01000. The van der Waals surface area contributed by atoms with Crippen molar-refractivity contribution in [1.82, 2.24) is 10.2 Å². The van der Waals surface area contributed by atoms with Crippen LogP contribution in [0.15, 0.2) is 12.1 Å². The molecule has 0 bridgehead atoms. The summed E-state index contributed by atoms with van der Waals surface area (Å²) in [5, 5.41) is 5.07. The van der Waals surface area contributed by atoms with Gasteiger partial charge in [0.15, 0.2) is 0 Å². The van der Waals surface area contributed by atoms with Gasteiger partial charge in [0, 0.05) is 18.6 Å². The summed E-state index contributed by atoms with van der Waals surface area (Å²) in [4.78, 5) is 2.53. The van der Waals surface area contributed by atoms with Gasteiger partial charge in [-0.2, -0.15) is 0 Å². The molecule has 21 heavy (non-hydrogen) atoms. The standard InChI is InChI=1S/C16H23Cl3N2/c1-10(2)21-7-6-12(9-21)8-20-11(3)13-4-5-14(17)16(19)15(13)18/h4-5,10-12,20H,6-9H2,1-3H3. The molecule has 0 saturated carbocycles. The predicted molar refractivity (Wildman–Crippen MR) is 92.7 cm³/mol. The van der Waals surface area contributed by atoms with Gasteiger partial charge in [-0.25, -0.2) is 0 Å². The van der Waals surface area contributed by atoms with E-state index in [-0.39, 0.29) is 6.04 Å². The minimum absolute atomic E-state index is 0.167. The molecular formula is C16H23Cl3N2. The van der Waals surface area contributed by atoms with E-state index in [1.54, 1.807) is 6.07 Å². The van der Waals surface area contributed by atoms with Gasteiger partial charge < -0.3 is 10.2 Å². The molecule has 1 aromatic rings. The van der Waals surface area contributed by atoms with Crippen molar-refractivity contribution in [2.45, 2.75) is 39.3 Å².